The molecule has 3 nitrogen and oxygen atoms in total. The number of nitrogens with two attached hydrogens (primary N) is 1. The molecule has 1 atom stereocenters. The van der Waals surface area contributed by atoms with Gasteiger partial charge in [-0.15, -0.1) is 0 Å². The maximum atomic E-state index is 5.18. The number of hydrogen-bond donors (Lipinski definition) is 3. The molecule has 0 saturated heterocycles. The summed E-state index contributed by atoms with van der Waals surface area (Å²) in [5.74, 6) is 5.18. The van der Waals surface area contributed by atoms with Gasteiger partial charge in [-0.3, -0.25) is 0 Å². The molecule has 1 aromatic carbocycles. The molecule has 0 aliphatic carbocycles. The molecule has 1 unspecified atom stereocenters. The molecule has 0 aliphatic rings. The van der Waals surface area contributed by atoms with E-state index in [9.17, 15) is 0 Å². The predicted molar refractivity (Wildman–Crippen MR) is 62.7 cm³/mol. The Morgan fingerprint density at radius 3 is 2.64 bits per heavy atom. The summed E-state index contributed by atoms with van der Waals surface area (Å²) in [7, 11) is 0. The van der Waals surface area contributed by atoms with E-state index in [2.05, 4.69) is 29.8 Å². The average Bonchev–Trinajstić information content (AvgIpc) is 2.18. The molecule has 14 heavy (non-hydrogen) atoms. The second-order valence-electron chi connectivity index (χ2n) is 3.20. The van der Waals surface area contributed by atoms with E-state index in [1.54, 1.807) is 0 Å². The number of benzene rings is 1. The van der Waals surface area contributed by atoms with Crippen molar-refractivity contribution in [2.75, 3.05) is 0 Å². The van der Waals surface area contributed by atoms with Gasteiger partial charge in [0, 0.05) is 0 Å². The van der Waals surface area contributed by atoms with Crippen molar-refractivity contribution in [1.29, 1.82) is 0 Å². The third kappa shape index (κ3) is 2.68. The van der Waals surface area contributed by atoms with Gasteiger partial charge in [-0.05, 0) is 37.2 Å². The second kappa shape index (κ2) is 4.93. The summed E-state index contributed by atoms with van der Waals surface area (Å²) in [5, 5.41) is 3.54. The molecule has 76 valence electrons. The van der Waals surface area contributed by atoms with Crippen molar-refractivity contribution >= 4 is 17.3 Å². The zero-order valence-electron chi connectivity index (χ0n) is 8.37. The summed E-state index contributed by atoms with van der Waals surface area (Å²) in [6, 6.07) is 8.35. The van der Waals surface area contributed by atoms with Crippen LogP contribution in [0.4, 0.5) is 0 Å². The van der Waals surface area contributed by atoms with Crippen molar-refractivity contribution in [3.63, 3.8) is 0 Å². The third-order valence-corrected chi connectivity index (χ3v) is 2.37. The lowest BCUT2D eigenvalue weighted by atomic mass is 10.0. The van der Waals surface area contributed by atoms with Crippen LogP contribution in [0.25, 0.3) is 0 Å². The van der Waals surface area contributed by atoms with E-state index in [-0.39, 0.29) is 6.04 Å². The van der Waals surface area contributed by atoms with E-state index >= 15 is 0 Å². The quantitative estimate of drug-likeness (QED) is 0.391. The molecule has 0 saturated carbocycles. The Balaban J connectivity index is 2.74. The number of thiocarbonyl (C=S) groups is 1. The summed E-state index contributed by atoms with van der Waals surface area (Å²) in [6.07, 6.45) is 0. The Morgan fingerprint density at radius 1 is 1.43 bits per heavy atom. The van der Waals surface area contributed by atoms with Gasteiger partial charge in [-0.2, -0.15) is 0 Å². The highest BCUT2D eigenvalue weighted by Crippen LogP contribution is 2.16. The predicted octanol–water partition coefficient (Wildman–Crippen LogP) is 1.39. The summed E-state index contributed by atoms with van der Waals surface area (Å²) >= 11 is 4.93. The van der Waals surface area contributed by atoms with Crippen LogP contribution >= 0.6 is 12.2 Å². The first-order chi connectivity index (χ1) is 6.65. The fourth-order valence-electron chi connectivity index (χ4n) is 1.39. The Hall–Kier alpha value is -1.13. The summed E-state index contributed by atoms with van der Waals surface area (Å²) in [5.41, 5.74) is 4.88. The fraction of sp³-hybridized carbons (Fsp3) is 0.300. The van der Waals surface area contributed by atoms with Gasteiger partial charge in [0.2, 0.25) is 0 Å². The molecule has 0 aliphatic heterocycles. The molecular weight excluding hydrogens is 194 g/mol. The minimum Gasteiger partial charge on any atom is -0.355 e. The number of hydrazine groups is 1. The topological polar surface area (TPSA) is 50.1 Å². The number of nitrogens with one attached hydrogen (secondary N) is 2. The lowest BCUT2D eigenvalue weighted by molar-refractivity contribution is 0.699. The van der Waals surface area contributed by atoms with Crippen molar-refractivity contribution in [3.05, 3.63) is 35.4 Å². The molecule has 0 bridgehead atoms. The summed E-state index contributed by atoms with van der Waals surface area (Å²) in [6.45, 7) is 4.12. The van der Waals surface area contributed by atoms with Crippen molar-refractivity contribution < 1.29 is 0 Å². The highest BCUT2D eigenvalue weighted by molar-refractivity contribution is 7.80. The Morgan fingerprint density at radius 2 is 2.07 bits per heavy atom. The Kier molecular flexibility index (Phi) is 3.85. The summed E-state index contributed by atoms with van der Waals surface area (Å²) < 4.78 is 0. The van der Waals surface area contributed by atoms with Gasteiger partial charge in [0.15, 0.2) is 5.11 Å². The third-order valence-electron chi connectivity index (χ3n) is 2.13. The first kappa shape index (κ1) is 10.9. The van der Waals surface area contributed by atoms with Crippen LogP contribution in [0.3, 0.4) is 0 Å². The van der Waals surface area contributed by atoms with E-state index in [1.807, 2.05) is 19.1 Å². The normalized spacial score (nSPS) is 11.9. The van der Waals surface area contributed by atoms with Crippen LogP contribution in [-0.4, -0.2) is 5.11 Å². The van der Waals surface area contributed by atoms with Crippen LogP contribution in [0.2, 0.25) is 0 Å². The molecule has 0 amide bonds. The SMILES string of the molecule is Cc1ccccc1C(C)NC(=S)NN. The highest BCUT2D eigenvalue weighted by Gasteiger charge is 2.07. The summed E-state index contributed by atoms with van der Waals surface area (Å²) in [4.78, 5) is 0. The van der Waals surface area contributed by atoms with Crippen molar-refractivity contribution in [1.82, 2.24) is 10.7 Å². The van der Waals surface area contributed by atoms with Crippen molar-refractivity contribution in [2.24, 2.45) is 5.84 Å². The van der Waals surface area contributed by atoms with Crippen LogP contribution in [0.1, 0.15) is 24.1 Å². The lowest BCUT2D eigenvalue weighted by Crippen LogP contribution is -2.40. The Labute approximate surface area is 89.7 Å². The monoisotopic (exact) mass is 209 g/mol. The molecule has 0 fully saturated rings. The maximum absolute atomic E-state index is 5.18. The number of rotatable bonds is 2. The average molecular weight is 209 g/mol. The van der Waals surface area contributed by atoms with E-state index in [0.29, 0.717) is 5.11 Å². The van der Waals surface area contributed by atoms with Crippen LogP contribution in [0, 0.1) is 6.92 Å². The van der Waals surface area contributed by atoms with Gasteiger partial charge in [0.05, 0.1) is 6.04 Å². The molecule has 0 spiro atoms. The fourth-order valence-corrected chi connectivity index (χ4v) is 1.57. The van der Waals surface area contributed by atoms with E-state index < -0.39 is 0 Å². The van der Waals surface area contributed by atoms with Crippen molar-refractivity contribution in [2.45, 2.75) is 19.9 Å². The standard InChI is InChI=1S/C10H15N3S/c1-7-5-3-4-6-9(7)8(2)12-10(14)13-11/h3-6,8H,11H2,1-2H3,(H2,12,13,14). The van der Waals surface area contributed by atoms with E-state index in [0.717, 1.165) is 0 Å². The molecule has 0 radical (unpaired) electrons. The molecule has 1 aromatic rings. The molecule has 0 aromatic heterocycles. The van der Waals surface area contributed by atoms with Gasteiger partial charge in [-0.1, -0.05) is 24.3 Å². The van der Waals surface area contributed by atoms with Gasteiger partial charge in [0.25, 0.3) is 0 Å². The zero-order chi connectivity index (χ0) is 10.6. The number of hydrogen-bond acceptors (Lipinski definition) is 2. The first-order valence-corrected chi connectivity index (χ1v) is 4.88. The first-order valence-electron chi connectivity index (χ1n) is 4.47. The van der Waals surface area contributed by atoms with Crippen LogP contribution in [0.5, 0.6) is 0 Å². The molecule has 4 heteroatoms. The van der Waals surface area contributed by atoms with Gasteiger partial charge >= 0.3 is 0 Å². The smallest absolute Gasteiger partial charge is 0.181 e. The molecular formula is C10H15N3S. The van der Waals surface area contributed by atoms with Crippen molar-refractivity contribution in [3.8, 4) is 0 Å². The van der Waals surface area contributed by atoms with Gasteiger partial charge < -0.3 is 10.7 Å². The molecule has 0 heterocycles. The molecule has 4 N–H and O–H groups in total. The minimum atomic E-state index is 0.166. The second-order valence-corrected chi connectivity index (χ2v) is 3.60. The van der Waals surface area contributed by atoms with E-state index in [4.69, 9.17) is 18.1 Å². The zero-order valence-corrected chi connectivity index (χ0v) is 9.19. The van der Waals surface area contributed by atoms with Gasteiger partial charge in [0.1, 0.15) is 0 Å². The largest absolute Gasteiger partial charge is 0.355 e. The number of aryl methyl sites for hydroxylation is 1. The lowest BCUT2D eigenvalue weighted by Gasteiger charge is -2.17. The molecule has 1 rings (SSSR count). The highest BCUT2D eigenvalue weighted by atomic mass is 32.1. The minimum absolute atomic E-state index is 0.166. The van der Waals surface area contributed by atoms with Crippen LogP contribution in [0.15, 0.2) is 24.3 Å². The van der Waals surface area contributed by atoms with E-state index in [1.165, 1.54) is 11.1 Å². The maximum Gasteiger partial charge on any atom is 0.181 e. The van der Waals surface area contributed by atoms with Crippen LogP contribution in [-0.2, 0) is 0 Å². The Bertz CT molecular complexity index is 325. The van der Waals surface area contributed by atoms with Gasteiger partial charge in [-0.25, -0.2) is 5.84 Å². The van der Waals surface area contributed by atoms with Crippen LogP contribution < -0.4 is 16.6 Å².